The molecule has 1 spiro atoms. The zero-order chi connectivity index (χ0) is 15.6. The summed E-state index contributed by atoms with van der Waals surface area (Å²) in [5, 5.41) is 3.15. The van der Waals surface area contributed by atoms with E-state index in [9.17, 15) is 4.79 Å². The highest BCUT2D eigenvalue weighted by molar-refractivity contribution is 5.73. The fraction of sp³-hybridized carbons (Fsp3) is 0.941. The van der Waals surface area contributed by atoms with Gasteiger partial charge in [0.25, 0.3) is 0 Å². The van der Waals surface area contributed by atoms with Gasteiger partial charge < -0.3 is 19.9 Å². The van der Waals surface area contributed by atoms with Gasteiger partial charge in [-0.2, -0.15) is 0 Å². The number of amides is 2. The predicted octanol–water partition coefficient (Wildman–Crippen LogP) is 2.07. The number of hydrogen-bond donors (Lipinski definition) is 1. The maximum absolute atomic E-state index is 11.9. The molecule has 0 radical (unpaired) electrons. The quantitative estimate of drug-likeness (QED) is 0.868. The Balaban J connectivity index is 1.51. The first-order valence-electron chi connectivity index (χ1n) is 8.90. The van der Waals surface area contributed by atoms with E-state index in [-0.39, 0.29) is 17.7 Å². The van der Waals surface area contributed by atoms with Crippen molar-refractivity contribution in [2.24, 2.45) is 5.92 Å². The summed E-state index contributed by atoms with van der Waals surface area (Å²) in [7, 11) is 3.59. The number of likely N-dealkylation sites (tertiary alicyclic amines) is 1. The van der Waals surface area contributed by atoms with E-state index in [1.807, 2.05) is 0 Å². The molecule has 5 nitrogen and oxygen atoms in total. The molecule has 1 saturated carbocycles. The molecule has 0 bridgehead atoms. The van der Waals surface area contributed by atoms with Crippen LogP contribution in [0.25, 0.3) is 0 Å². The molecule has 3 rings (SSSR count). The van der Waals surface area contributed by atoms with E-state index < -0.39 is 0 Å². The normalized spacial score (nSPS) is 33.5. The van der Waals surface area contributed by atoms with Crippen molar-refractivity contribution < 1.29 is 9.53 Å². The average Bonchev–Trinajstić information content (AvgIpc) is 3.10. The standard InChI is InChI=1S/C17H31N3O2/c1-19(2)16(21)18-15-7-10-22-17(11-15)8-9-20(13-17)12-14-5-3-4-6-14/h14-15H,3-13H2,1-2H3,(H,18,21)/t15-,17-/m1/s1. The van der Waals surface area contributed by atoms with E-state index in [1.165, 1.54) is 32.2 Å². The van der Waals surface area contributed by atoms with Crippen molar-refractivity contribution in [3.63, 3.8) is 0 Å². The van der Waals surface area contributed by atoms with E-state index in [0.29, 0.717) is 0 Å². The molecular weight excluding hydrogens is 278 g/mol. The van der Waals surface area contributed by atoms with Crippen LogP contribution >= 0.6 is 0 Å². The minimum Gasteiger partial charge on any atom is -0.373 e. The van der Waals surface area contributed by atoms with Gasteiger partial charge >= 0.3 is 6.03 Å². The van der Waals surface area contributed by atoms with Gasteiger partial charge in [-0.05, 0) is 38.0 Å². The van der Waals surface area contributed by atoms with Gasteiger partial charge in [0.15, 0.2) is 0 Å². The summed E-state index contributed by atoms with van der Waals surface area (Å²) in [6.07, 6.45) is 8.67. The fourth-order valence-electron chi connectivity index (χ4n) is 4.38. The summed E-state index contributed by atoms with van der Waals surface area (Å²) in [6.45, 7) is 4.23. The molecule has 126 valence electrons. The Kier molecular flexibility index (Phi) is 4.93. The molecule has 2 atom stereocenters. The molecule has 3 fully saturated rings. The second-order valence-electron chi connectivity index (χ2n) is 7.70. The van der Waals surface area contributed by atoms with Gasteiger partial charge in [-0.1, -0.05) is 12.8 Å². The van der Waals surface area contributed by atoms with Crippen LogP contribution < -0.4 is 5.32 Å². The van der Waals surface area contributed by atoms with Crippen LogP contribution in [0.15, 0.2) is 0 Å². The van der Waals surface area contributed by atoms with Crippen LogP contribution in [0.4, 0.5) is 4.79 Å². The summed E-state index contributed by atoms with van der Waals surface area (Å²) >= 11 is 0. The summed E-state index contributed by atoms with van der Waals surface area (Å²) in [5.74, 6) is 0.906. The predicted molar refractivity (Wildman–Crippen MR) is 86.9 cm³/mol. The summed E-state index contributed by atoms with van der Waals surface area (Å²) in [4.78, 5) is 16.1. The van der Waals surface area contributed by atoms with Crippen LogP contribution in [0.1, 0.15) is 44.9 Å². The van der Waals surface area contributed by atoms with Crippen LogP contribution in [0.2, 0.25) is 0 Å². The number of ether oxygens (including phenoxy) is 1. The third-order valence-corrected chi connectivity index (χ3v) is 5.61. The number of nitrogens with one attached hydrogen (secondary N) is 1. The molecule has 0 aromatic carbocycles. The smallest absolute Gasteiger partial charge is 0.317 e. The zero-order valence-corrected chi connectivity index (χ0v) is 14.1. The monoisotopic (exact) mass is 309 g/mol. The Bertz CT molecular complexity index is 395. The highest BCUT2D eigenvalue weighted by atomic mass is 16.5. The van der Waals surface area contributed by atoms with Gasteiger partial charge in [0, 0.05) is 46.4 Å². The molecule has 3 aliphatic rings. The molecule has 22 heavy (non-hydrogen) atoms. The summed E-state index contributed by atoms with van der Waals surface area (Å²) < 4.78 is 6.19. The van der Waals surface area contributed by atoms with E-state index in [2.05, 4.69) is 10.2 Å². The zero-order valence-electron chi connectivity index (χ0n) is 14.1. The molecule has 2 saturated heterocycles. The molecule has 2 heterocycles. The minimum absolute atomic E-state index is 0.0128. The molecule has 2 amide bonds. The minimum atomic E-state index is -0.0128. The second-order valence-corrected chi connectivity index (χ2v) is 7.70. The number of rotatable bonds is 3. The van der Waals surface area contributed by atoms with Gasteiger partial charge in [0.2, 0.25) is 0 Å². The Morgan fingerprint density at radius 2 is 2.09 bits per heavy atom. The molecule has 1 aliphatic carbocycles. The highest BCUT2D eigenvalue weighted by Crippen LogP contribution is 2.36. The maximum Gasteiger partial charge on any atom is 0.317 e. The van der Waals surface area contributed by atoms with Crippen LogP contribution in [-0.2, 0) is 4.74 Å². The van der Waals surface area contributed by atoms with Gasteiger partial charge in [0.05, 0.1) is 5.60 Å². The third-order valence-electron chi connectivity index (χ3n) is 5.61. The van der Waals surface area contributed by atoms with Crippen molar-refractivity contribution in [1.82, 2.24) is 15.1 Å². The van der Waals surface area contributed by atoms with Crippen LogP contribution in [0.3, 0.4) is 0 Å². The van der Waals surface area contributed by atoms with Gasteiger partial charge in [-0.25, -0.2) is 4.79 Å². The van der Waals surface area contributed by atoms with Crippen molar-refractivity contribution in [2.75, 3.05) is 40.3 Å². The molecular formula is C17H31N3O2. The van der Waals surface area contributed by atoms with Gasteiger partial charge in [0.1, 0.15) is 0 Å². The van der Waals surface area contributed by atoms with E-state index in [0.717, 1.165) is 44.9 Å². The number of carbonyl (C=O) groups excluding carboxylic acids is 1. The first-order valence-corrected chi connectivity index (χ1v) is 8.90. The van der Waals surface area contributed by atoms with Crippen molar-refractivity contribution >= 4 is 6.03 Å². The Labute approximate surface area is 134 Å². The highest BCUT2D eigenvalue weighted by Gasteiger charge is 2.43. The number of carbonyl (C=O) groups is 1. The Hall–Kier alpha value is -0.810. The van der Waals surface area contributed by atoms with Crippen LogP contribution in [0, 0.1) is 5.92 Å². The summed E-state index contributed by atoms with van der Waals surface area (Å²) in [6, 6.07) is 0.276. The van der Waals surface area contributed by atoms with E-state index in [4.69, 9.17) is 4.74 Å². The number of urea groups is 1. The lowest BCUT2D eigenvalue weighted by atomic mass is 9.89. The van der Waals surface area contributed by atoms with E-state index in [1.54, 1.807) is 19.0 Å². The van der Waals surface area contributed by atoms with Crippen LogP contribution in [0.5, 0.6) is 0 Å². The lowest BCUT2D eigenvalue weighted by molar-refractivity contribution is -0.0793. The van der Waals surface area contributed by atoms with Crippen molar-refractivity contribution in [1.29, 1.82) is 0 Å². The van der Waals surface area contributed by atoms with Gasteiger partial charge in [-0.3, -0.25) is 0 Å². The molecule has 5 heteroatoms. The SMILES string of the molecule is CN(C)C(=O)N[C@@H]1CCO[C@]2(CCN(CC3CCCC3)C2)C1. The summed E-state index contributed by atoms with van der Waals surface area (Å²) in [5.41, 5.74) is -0.0128. The third kappa shape index (κ3) is 3.74. The topological polar surface area (TPSA) is 44.8 Å². The Morgan fingerprint density at radius 1 is 1.32 bits per heavy atom. The number of nitrogens with zero attached hydrogens (tertiary/aromatic N) is 2. The van der Waals surface area contributed by atoms with E-state index >= 15 is 0 Å². The van der Waals surface area contributed by atoms with Gasteiger partial charge in [-0.15, -0.1) is 0 Å². The van der Waals surface area contributed by atoms with Crippen molar-refractivity contribution in [3.05, 3.63) is 0 Å². The molecule has 0 aromatic heterocycles. The lowest BCUT2D eigenvalue weighted by Crippen LogP contribution is -2.51. The first-order chi connectivity index (χ1) is 10.6. The number of hydrogen-bond acceptors (Lipinski definition) is 3. The van der Waals surface area contributed by atoms with Crippen molar-refractivity contribution in [3.8, 4) is 0 Å². The Morgan fingerprint density at radius 3 is 2.82 bits per heavy atom. The molecule has 2 aliphatic heterocycles. The first kappa shape index (κ1) is 16.1. The van der Waals surface area contributed by atoms with Crippen molar-refractivity contribution in [2.45, 2.75) is 56.6 Å². The second kappa shape index (κ2) is 6.75. The average molecular weight is 309 g/mol. The fourth-order valence-corrected chi connectivity index (χ4v) is 4.38. The van der Waals surface area contributed by atoms with Crippen LogP contribution in [-0.4, -0.2) is 67.8 Å². The largest absolute Gasteiger partial charge is 0.373 e. The lowest BCUT2D eigenvalue weighted by Gasteiger charge is -2.39. The molecule has 1 N–H and O–H groups in total. The molecule has 0 aromatic rings. The molecule has 0 unspecified atom stereocenters. The maximum atomic E-state index is 11.9.